The Hall–Kier alpha value is -3.40. The number of likely N-dealkylation sites (N-methyl/N-ethyl adjacent to an activating group) is 1. The molecule has 1 unspecified atom stereocenters. The first-order valence-corrected chi connectivity index (χ1v) is 11.3. The Kier molecular flexibility index (Phi) is 6.84. The highest BCUT2D eigenvalue weighted by Crippen LogP contribution is 2.37. The first-order chi connectivity index (χ1) is 16.6. The highest BCUT2D eigenvalue weighted by molar-refractivity contribution is 6.30. The van der Waals surface area contributed by atoms with Gasteiger partial charge in [0.25, 0.3) is 0 Å². The quantitative estimate of drug-likeness (QED) is 0.496. The molecule has 0 saturated heterocycles. The van der Waals surface area contributed by atoms with E-state index in [2.05, 4.69) is 10.4 Å². The number of alkyl halides is 3. The molecule has 4 rings (SSSR count). The first-order valence-electron chi connectivity index (χ1n) is 10.9. The van der Waals surface area contributed by atoms with Crippen molar-refractivity contribution in [3.8, 4) is 11.4 Å². The summed E-state index contributed by atoms with van der Waals surface area (Å²) >= 11 is 5.96. The van der Waals surface area contributed by atoms with Crippen LogP contribution in [0.25, 0.3) is 11.4 Å². The second-order valence-corrected chi connectivity index (χ2v) is 8.84. The van der Waals surface area contributed by atoms with Gasteiger partial charge in [-0.25, -0.2) is 9.48 Å². The number of ketones is 1. The fraction of sp³-hybridized carbons (Fsp3) is 0.333. The topological polar surface area (TPSA) is 86.0 Å². The zero-order valence-corrected chi connectivity index (χ0v) is 19.4. The molecule has 0 radical (unpaired) electrons. The number of halogens is 4. The van der Waals surface area contributed by atoms with Crippen LogP contribution in [0.4, 0.5) is 13.2 Å². The molecule has 3 aromatic rings. The summed E-state index contributed by atoms with van der Waals surface area (Å²) in [6, 6.07) is 11.1. The molecule has 0 spiro atoms. The van der Waals surface area contributed by atoms with Gasteiger partial charge in [0.15, 0.2) is 11.6 Å². The fourth-order valence-electron chi connectivity index (χ4n) is 3.91. The van der Waals surface area contributed by atoms with Gasteiger partial charge in [0, 0.05) is 30.1 Å². The Labute approximate surface area is 203 Å². The Morgan fingerprint density at radius 1 is 1.17 bits per heavy atom. The predicted octanol–water partition coefficient (Wildman–Crippen LogP) is 4.21. The molecule has 1 N–H and O–H groups in total. The third-order valence-electron chi connectivity index (χ3n) is 5.82. The molecule has 11 heteroatoms. The van der Waals surface area contributed by atoms with E-state index in [4.69, 9.17) is 11.6 Å². The van der Waals surface area contributed by atoms with E-state index >= 15 is 0 Å². The van der Waals surface area contributed by atoms with E-state index in [1.807, 2.05) is 0 Å². The molecule has 0 aliphatic heterocycles. The summed E-state index contributed by atoms with van der Waals surface area (Å²) in [6.07, 6.45) is -3.35. The van der Waals surface area contributed by atoms with Gasteiger partial charge in [-0.2, -0.15) is 13.2 Å². The number of rotatable bonds is 8. The lowest BCUT2D eigenvalue weighted by atomic mass is 9.91. The molecule has 184 valence electrons. The molecule has 2 aromatic carbocycles. The van der Waals surface area contributed by atoms with Gasteiger partial charge < -0.3 is 5.32 Å². The number of amides is 1. The number of hydrogen-bond donors (Lipinski definition) is 1. The zero-order valence-electron chi connectivity index (χ0n) is 18.7. The van der Waals surface area contributed by atoms with Crippen LogP contribution in [0.2, 0.25) is 5.02 Å². The van der Waals surface area contributed by atoms with Crippen molar-refractivity contribution >= 4 is 23.3 Å². The first kappa shape index (κ1) is 24.7. The van der Waals surface area contributed by atoms with E-state index in [0.29, 0.717) is 16.4 Å². The average Bonchev–Trinajstić information content (AvgIpc) is 3.61. The zero-order chi connectivity index (χ0) is 25.3. The summed E-state index contributed by atoms with van der Waals surface area (Å²) in [5, 5.41) is 7.28. The minimum absolute atomic E-state index is 0.0132. The number of aromatic nitrogens is 3. The van der Waals surface area contributed by atoms with Gasteiger partial charge in [0.1, 0.15) is 6.54 Å². The molecule has 1 atom stereocenters. The van der Waals surface area contributed by atoms with Crippen LogP contribution in [0.3, 0.4) is 0 Å². The molecule has 1 aromatic heterocycles. The second-order valence-electron chi connectivity index (χ2n) is 8.40. The molecule has 1 heterocycles. The Balaban J connectivity index is 1.60. The number of hydrogen-bond acceptors (Lipinski definition) is 4. The van der Waals surface area contributed by atoms with Gasteiger partial charge in [-0.3, -0.25) is 14.2 Å². The normalized spacial score (nSPS) is 14.5. The molecule has 35 heavy (non-hydrogen) atoms. The third kappa shape index (κ3) is 5.48. The summed E-state index contributed by atoms with van der Waals surface area (Å²) in [4.78, 5) is 38.4. The summed E-state index contributed by atoms with van der Waals surface area (Å²) < 4.78 is 42.1. The van der Waals surface area contributed by atoms with Gasteiger partial charge in [-0.05, 0) is 48.7 Å². The van der Waals surface area contributed by atoms with Gasteiger partial charge in [0.05, 0.1) is 11.5 Å². The van der Waals surface area contributed by atoms with E-state index in [1.165, 1.54) is 19.2 Å². The molecule has 1 saturated carbocycles. The van der Waals surface area contributed by atoms with Crippen molar-refractivity contribution in [3.05, 3.63) is 75.2 Å². The van der Waals surface area contributed by atoms with Gasteiger partial charge in [0.2, 0.25) is 5.91 Å². The van der Waals surface area contributed by atoms with Gasteiger partial charge >= 0.3 is 11.9 Å². The highest BCUT2D eigenvalue weighted by Gasteiger charge is 2.33. The van der Waals surface area contributed by atoms with E-state index in [1.54, 1.807) is 28.8 Å². The Morgan fingerprint density at radius 3 is 2.46 bits per heavy atom. The van der Waals surface area contributed by atoms with Crippen molar-refractivity contribution in [1.29, 1.82) is 0 Å². The van der Waals surface area contributed by atoms with Crippen molar-refractivity contribution in [1.82, 2.24) is 19.7 Å². The third-order valence-corrected chi connectivity index (χ3v) is 6.07. The molecule has 7 nitrogen and oxygen atoms in total. The predicted molar refractivity (Wildman–Crippen MR) is 123 cm³/mol. The molecule has 1 fully saturated rings. The molecular weight excluding hydrogens is 485 g/mol. The maximum absolute atomic E-state index is 13.2. The van der Waals surface area contributed by atoms with Crippen molar-refractivity contribution < 1.29 is 22.8 Å². The van der Waals surface area contributed by atoms with Crippen molar-refractivity contribution in [2.24, 2.45) is 0 Å². The molecular formula is C24H22ClF3N4O3. The SMILES string of the molecule is CNC(=O)C(CC(=O)Cn1nc(-c2ccc(Cl)cc2)n(C2CC2)c1=O)c1cccc(C(F)(F)F)c1. The van der Waals surface area contributed by atoms with Crippen LogP contribution in [0.5, 0.6) is 0 Å². The molecule has 1 amide bonds. The number of carbonyl (C=O) groups excluding carboxylic acids is 2. The molecule has 1 aliphatic carbocycles. The monoisotopic (exact) mass is 506 g/mol. The van der Waals surface area contributed by atoms with Crippen LogP contribution in [0.1, 0.15) is 42.3 Å². The average molecular weight is 507 g/mol. The van der Waals surface area contributed by atoms with Crippen molar-refractivity contribution in [2.45, 2.75) is 43.9 Å². The maximum atomic E-state index is 13.2. The standard InChI is InChI=1S/C24H22ClF3N4O3/c1-29-22(34)20(15-3-2-4-16(11-15)24(26,27)28)12-19(33)13-31-23(35)32(18-9-10-18)21(30-31)14-5-7-17(25)8-6-14/h2-8,11,18,20H,9-10,12-13H2,1H3,(H,29,34). The smallest absolute Gasteiger partial charge is 0.359 e. The highest BCUT2D eigenvalue weighted by atomic mass is 35.5. The lowest BCUT2D eigenvalue weighted by Gasteiger charge is -2.17. The summed E-state index contributed by atoms with van der Waals surface area (Å²) in [7, 11) is 1.34. The maximum Gasteiger partial charge on any atom is 0.416 e. The van der Waals surface area contributed by atoms with E-state index in [9.17, 15) is 27.6 Å². The van der Waals surface area contributed by atoms with E-state index in [0.717, 1.165) is 29.7 Å². The van der Waals surface area contributed by atoms with Crippen LogP contribution < -0.4 is 11.0 Å². The van der Waals surface area contributed by atoms with Crippen molar-refractivity contribution in [3.63, 3.8) is 0 Å². The minimum atomic E-state index is -4.59. The van der Waals surface area contributed by atoms with E-state index < -0.39 is 41.6 Å². The molecule has 0 bridgehead atoms. The molecule has 1 aliphatic rings. The summed E-state index contributed by atoms with van der Waals surface area (Å²) in [6.45, 7) is -0.411. The van der Waals surface area contributed by atoms with Crippen LogP contribution in [0.15, 0.2) is 53.3 Å². The lowest BCUT2D eigenvalue weighted by Crippen LogP contribution is -2.31. The fourth-order valence-corrected chi connectivity index (χ4v) is 4.03. The number of Topliss-reactive ketones (excluding diaryl/α,β-unsaturated/α-hetero) is 1. The number of nitrogens with one attached hydrogen (secondary N) is 1. The van der Waals surface area contributed by atoms with Crippen LogP contribution in [-0.4, -0.2) is 33.1 Å². The van der Waals surface area contributed by atoms with E-state index in [-0.39, 0.29) is 18.0 Å². The van der Waals surface area contributed by atoms with Gasteiger partial charge in [-0.1, -0.05) is 29.8 Å². The van der Waals surface area contributed by atoms with Crippen molar-refractivity contribution in [2.75, 3.05) is 7.05 Å². The lowest BCUT2D eigenvalue weighted by molar-refractivity contribution is -0.137. The van der Waals surface area contributed by atoms with Crippen LogP contribution in [0, 0.1) is 0 Å². The summed E-state index contributed by atoms with van der Waals surface area (Å²) in [5.41, 5.74) is -0.647. The second kappa shape index (κ2) is 9.69. The Bertz CT molecular complexity index is 1310. The Morgan fingerprint density at radius 2 is 1.86 bits per heavy atom. The van der Waals surface area contributed by atoms with Gasteiger partial charge in [-0.15, -0.1) is 5.10 Å². The number of benzene rings is 2. The summed E-state index contributed by atoms with van der Waals surface area (Å²) in [5.74, 6) is -1.86. The largest absolute Gasteiger partial charge is 0.416 e. The number of nitrogens with zero attached hydrogens (tertiary/aromatic N) is 3. The van der Waals surface area contributed by atoms with Crippen LogP contribution in [-0.2, 0) is 22.3 Å². The van der Waals surface area contributed by atoms with Crippen LogP contribution >= 0.6 is 11.6 Å². The minimum Gasteiger partial charge on any atom is -0.359 e. The number of carbonyl (C=O) groups is 2.